The first-order valence-electron chi connectivity index (χ1n) is 7.63. The molecule has 0 bridgehead atoms. The van der Waals surface area contributed by atoms with E-state index in [1.807, 2.05) is 30.3 Å². The topological polar surface area (TPSA) is 74.6 Å². The molecule has 0 spiro atoms. The van der Waals surface area contributed by atoms with E-state index in [9.17, 15) is 19.8 Å². The maximum atomic E-state index is 12.1. The van der Waals surface area contributed by atoms with Gasteiger partial charge < -0.3 is 10.2 Å². The van der Waals surface area contributed by atoms with Crippen LogP contribution in [0.3, 0.4) is 0 Å². The Morgan fingerprint density at radius 2 is 1.83 bits per heavy atom. The average Bonchev–Trinajstić information content (AvgIpc) is 2.43. The molecule has 0 amide bonds. The number of aliphatic hydroxyl groups is 2. The van der Waals surface area contributed by atoms with E-state index in [4.69, 9.17) is 0 Å². The number of carbonyl (C=O) groups is 2. The molecule has 3 atom stereocenters. The molecule has 2 N–H and O–H groups in total. The van der Waals surface area contributed by atoms with Gasteiger partial charge in [-0.05, 0) is 26.3 Å². The lowest BCUT2D eigenvalue weighted by molar-refractivity contribution is -0.133. The SMILES string of the molecule is CC(=O)C1=C(O)C[C@](C)(O)[C@@H](C(C)=O)[C@@H]1/C=C/c1ccccc1. The Hall–Kier alpha value is -2.20. The molecule has 0 saturated heterocycles. The van der Waals surface area contributed by atoms with Crippen LogP contribution < -0.4 is 0 Å². The van der Waals surface area contributed by atoms with E-state index in [2.05, 4.69) is 0 Å². The van der Waals surface area contributed by atoms with Crippen LogP contribution in [0.25, 0.3) is 6.08 Å². The summed E-state index contributed by atoms with van der Waals surface area (Å²) in [4.78, 5) is 24.1. The molecule has 1 aromatic carbocycles. The van der Waals surface area contributed by atoms with E-state index in [-0.39, 0.29) is 29.3 Å². The summed E-state index contributed by atoms with van der Waals surface area (Å²) in [6, 6.07) is 9.47. The van der Waals surface area contributed by atoms with Crippen LogP contribution in [-0.2, 0) is 9.59 Å². The number of aliphatic hydroxyl groups excluding tert-OH is 1. The van der Waals surface area contributed by atoms with Crippen molar-refractivity contribution in [2.24, 2.45) is 11.8 Å². The molecule has 0 aromatic heterocycles. The van der Waals surface area contributed by atoms with Gasteiger partial charge in [-0.2, -0.15) is 0 Å². The third-order valence-electron chi connectivity index (χ3n) is 4.31. The maximum Gasteiger partial charge on any atom is 0.159 e. The zero-order valence-corrected chi connectivity index (χ0v) is 13.6. The number of allylic oxidation sites excluding steroid dienone is 2. The molecule has 0 heterocycles. The van der Waals surface area contributed by atoms with Crippen molar-refractivity contribution in [3.05, 3.63) is 53.3 Å². The summed E-state index contributed by atoms with van der Waals surface area (Å²) < 4.78 is 0. The van der Waals surface area contributed by atoms with Gasteiger partial charge in [0.25, 0.3) is 0 Å². The summed E-state index contributed by atoms with van der Waals surface area (Å²) in [6.45, 7) is 4.30. The molecule has 122 valence electrons. The summed E-state index contributed by atoms with van der Waals surface area (Å²) in [5, 5.41) is 20.8. The van der Waals surface area contributed by atoms with Crippen LogP contribution in [0.4, 0.5) is 0 Å². The van der Waals surface area contributed by atoms with Crippen molar-refractivity contribution in [3.63, 3.8) is 0 Å². The summed E-state index contributed by atoms with van der Waals surface area (Å²) in [6.07, 6.45) is 3.43. The molecule has 0 saturated carbocycles. The van der Waals surface area contributed by atoms with Gasteiger partial charge in [0.2, 0.25) is 0 Å². The minimum Gasteiger partial charge on any atom is -0.512 e. The largest absolute Gasteiger partial charge is 0.512 e. The van der Waals surface area contributed by atoms with Crippen molar-refractivity contribution < 1.29 is 19.8 Å². The Labute approximate surface area is 136 Å². The highest BCUT2D eigenvalue weighted by molar-refractivity contribution is 5.97. The molecule has 2 rings (SSSR count). The van der Waals surface area contributed by atoms with Crippen molar-refractivity contribution in [2.45, 2.75) is 32.8 Å². The number of rotatable bonds is 4. The van der Waals surface area contributed by atoms with Crippen LogP contribution in [0.5, 0.6) is 0 Å². The van der Waals surface area contributed by atoms with Crippen LogP contribution in [-0.4, -0.2) is 27.4 Å². The number of Topliss-reactive ketones (excluding diaryl/α,β-unsaturated/α-hetero) is 2. The molecule has 4 nitrogen and oxygen atoms in total. The van der Waals surface area contributed by atoms with Crippen LogP contribution in [0.2, 0.25) is 0 Å². The standard InChI is InChI=1S/C19H22O4/c1-12(20)17-15(10-9-14-7-5-4-6-8-14)18(13(2)21)19(3,23)11-16(17)22/h4-10,15,18,22-23H,11H2,1-3H3/b10-9+/t15-,18+,19+/m1/s1. The van der Waals surface area contributed by atoms with Gasteiger partial charge in [0.15, 0.2) is 5.78 Å². The Kier molecular flexibility index (Phi) is 4.85. The lowest BCUT2D eigenvalue weighted by Crippen LogP contribution is -2.47. The first-order valence-corrected chi connectivity index (χ1v) is 7.63. The van der Waals surface area contributed by atoms with E-state index in [1.54, 1.807) is 12.2 Å². The minimum atomic E-state index is -1.39. The van der Waals surface area contributed by atoms with Gasteiger partial charge in [-0.15, -0.1) is 0 Å². The monoisotopic (exact) mass is 314 g/mol. The van der Waals surface area contributed by atoms with Gasteiger partial charge in [-0.25, -0.2) is 0 Å². The third kappa shape index (κ3) is 3.59. The molecule has 0 unspecified atom stereocenters. The lowest BCUT2D eigenvalue weighted by atomic mass is 9.66. The number of carbonyl (C=O) groups excluding carboxylic acids is 2. The summed E-state index contributed by atoms with van der Waals surface area (Å²) in [5.41, 5.74) is -0.257. The quantitative estimate of drug-likeness (QED) is 0.895. The normalized spacial score (nSPS) is 28.2. The number of benzene rings is 1. The Morgan fingerprint density at radius 1 is 1.22 bits per heavy atom. The van der Waals surface area contributed by atoms with Gasteiger partial charge >= 0.3 is 0 Å². The molecule has 0 radical (unpaired) electrons. The second-order valence-electron chi connectivity index (χ2n) is 6.33. The maximum absolute atomic E-state index is 12.1. The fraction of sp³-hybridized carbons (Fsp3) is 0.368. The predicted molar refractivity (Wildman–Crippen MR) is 88.7 cm³/mol. The Bertz CT molecular complexity index is 668. The molecule has 0 fully saturated rings. The van der Waals surface area contributed by atoms with Crippen molar-refractivity contribution in [1.29, 1.82) is 0 Å². The summed E-state index contributed by atoms with van der Waals surface area (Å²) >= 11 is 0. The fourth-order valence-electron chi connectivity index (χ4n) is 3.40. The number of hydrogen-bond acceptors (Lipinski definition) is 4. The van der Waals surface area contributed by atoms with Gasteiger partial charge in [-0.1, -0.05) is 42.5 Å². The van der Waals surface area contributed by atoms with Crippen molar-refractivity contribution in [3.8, 4) is 0 Å². The molecule has 0 aliphatic heterocycles. The van der Waals surface area contributed by atoms with Crippen LogP contribution in [0, 0.1) is 11.8 Å². The highest BCUT2D eigenvalue weighted by atomic mass is 16.3. The number of hydrogen-bond donors (Lipinski definition) is 2. The van der Waals surface area contributed by atoms with Crippen LogP contribution in [0.1, 0.15) is 32.8 Å². The molecule has 1 aromatic rings. The molecule has 4 heteroatoms. The van der Waals surface area contributed by atoms with E-state index < -0.39 is 17.4 Å². The zero-order valence-electron chi connectivity index (χ0n) is 13.6. The second kappa shape index (κ2) is 6.50. The Balaban J connectivity index is 2.51. The smallest absolute Gasteiger partial charge is 0.159 e. The molecule has 1 aliphatic rings. The molecular weight excluding hydrogens is 292 g/mol. The van der Waals surface area contributed by atoms with Crippen molar-refractivity contribution in [1.82, 2.24) is 0 Å². The first kappa shape index (κ1) is 17.2. The molecule has 1 aliphatic carbocycles. The summed E-state index contributed by atoms with van der Waals surface area (Å²) in [7, 11) is 0. The fourth-order valence-corrected chi connectivity index (χ4v) is 3.40. The van der Waals surface area contributed by atoms with Crippen LogP contribution in [0.15, 0.2) is 47.7 Å². The van der Waals surface area contributed by atoms with Crippen molar-refractivity contribution in [2.75, 3.05) is 0 Å². The van der Waals surface area contributed by atoms with Crippen LogP contribution >= 0.6 is 0 Å². The van der Waals surface area contributed by atoms with E-state index in [0.717, 1.165) is 5.56 Å². The Morgan fingerprint density at radius 3 is 2.35 bits per heavy atom. The van der Waals surface area contributed by atoms with Gasteiger partial charge in [0.1, 0.15) is 11.5 Å². The lowest BCUT2D eigenvalue weighted by Gasteiger charge is -2.40. The third-order valence-corrected chi connectivity index (χ3v) is 4.31. The first-order chi connectivity index (χ1) is 10.7. The van der Waals surface area contributed by atoms with Crippen molar-refractivity contribution >= 4 is 17.6 Å². The van der Waals surface area contributed by atoms with Gasteiger partial charge in [-0.3, -0.25) is 9.59 Å². The minimum absolute atomic E-state index is 0.0954. The molecular formula is C19H22O4. The average molecular weight is 314 g/mol. The number of ketones is 2. The van der Waals surface area contributed by atoms with E-state index >= 15 is 0 Å². The van der Waals surface area contributed by atoms with E-state index in [0.29, 0.717) is 0 Å². The van der Waals surface area contributed by atoms with E-state index in [1.165, 1.54) is 20.8 Å². The van der Waals surface area contributed by atoms with Gasteiger partial charge in [0, 0.05) is 17.9 Å². The summed E-state index contributed by atoms with van der Waals surface area (Å²) in [5.74, 6) is -2.04. The zero-order chi connectivity index (χ0) is 17.2. The highest BCUT2D eigenvalue weighted by Crippen LogP contribution is 2.42. The molecule has 23 heavy (non-hydrogen) atoms. The van der Waals surface area contributed by atoms with Gasteiger partial charge in [0.05, 0.1) is 11.5 Å². The highest BCUT2D eigenvalue weighted by Gasteiger charge is 2.47. The predicted octanol–water partition coefficient (Wildman–Crippen LogP) is 3.08. The second-order valence-corrected chi connectivity index (χ2v) is 6.33.